The van der Waals surface area contributed by atoms with Crippen LogP contribution in [-0.2, 0) is 11.3 Å². The van der Waals surface area contributed by atoms with E-state index in [0.29, 0.717) is 5.56 Å². The molecular formula is C11H15FO2. The first-order valence-corrected chi connectivity index (χ1v) is 4.64. The maximum atomic E-state index is 13.1. The van der Waals surface area contributed by atoms with E-state index < -0.39 is 6.10 Å². The van der Waals surface area contributed by atoms with Gasteiger partial charge in [-0.25, -0.2) is 4.39 Å². The van der Waals surface area contributed by atoms with Crippen LogP contribution in [0, 0.1) is 5.82 Å². The predicted molar refractivity (Wildman–Crippen MR) is 52.3 cm³/mol. The van der Waals surface area contributed by atoms with Crippen LogP contribution < -0.4 is 0 Å². The van der Waals surface area contributed by atoms with Crippen molar-refractivity contribution in [2.45, 2.75) is 32.7 Å². The summed E-state index contributed by atoms with van der Waals surface area (Å²) in [5, 5.41) is 9.15. The van der Waals surface area contributed by atoms with Gasteiger partial charge in [-0.05, 0) is 19.9 Å². The van der Waals surface area contributed by atoms with Gasteiger partial charge in [-0.2, -0.15) is 0 Å². The van der Waals surface area contributed by atoms with Crippen LogP contribution in [0.15, 0.2) is 24.3 Å². The third-order valence-corrected chi connectivity index (χ3v) is 2.14. The number of halogens is 1. The smallest absolute Gasteiger partial charge is 0.128 e. The zero-order chi connectivity index (χ0) is 10.6. The van der Waals surface area contributed by atoms with E-state index in [-0.39, 0.29) is 18.5 Å². The van der Waals surface area contributed by atoms with E-state index in [9.17, 15) is 4.39 Å². The average molecular weight is 198 g/mol. The highest BCUT2D eigenvalue weighted by molar-refractivity contribution is 5.16. The summed E-state index contributed by atoms with van der Waals surface area (Å²) in [6.07, 6.45) is -0.823. The molecule has 0 radical (unpaired) electrons. The van der Waals surface area contributed by atoms with Crippen molar-refractivity contribution in [2.75, 3.05) is 0 Å². The van der Waals surface area contributed by atoms with Crippen LogP contribution in [0.25, 0.3) is 0 Å². The number of aliphatic hydroxyl groups is 1. The van der Waals surface area contributed by atoms with E-state index in [1.54, 1.807) is 32.0 Å². The van der Waals surface area contributed by atoms with Crippen molar-refractivity contribution in [2.24, 2.45) is 0 Å². The first-order chi connectivity index (χ1) is 6.61. The minimum absolute atomic E-state index is 0.193. The normalized spacial score (nSPS) is 15.1. The molecule has 3 heteroatoms. The Morgan fingerprint density at radius 3 is 2.57 bits per heavy atom. The standard InChI is InChI=1S/C11H15FO2/c1-8(13)9(2)14-7-10-5-3-4-6-11(10)12/h3-6,8-9,13H,7H2,1-2H3/t8-,9?/m1/s1. The second-order valence-electron chi connectivity index (χ2n) is 3.35. The summed E-state index contributed by atoms with van der Waals surface area (Å²) in [6.45, 7) is 3.59. The maximum Gasteiger partial charge on any atom is 0.128 e. The maximum absolute atomic E-state index is 13.1. The zero-order valence-electron chi connectivity index (χ0n) is 8.40. The van der Waals surface area contributed by atoms with Crippen LogP contribution in [0.5, 0.6) is 0 Å². The minimum atomic E-state index is -0.540. The van der Waals surface area contributed by atoms with Gasteiger partial charge in [0.2, 0.25) is 0 Å². The molecule has 0 bridgehead atoms. The molecule has 0 aliphatic rings. The fraction of sp³-hybridized carbons (Fsp3) is 0.455. The molecule has 78 valence electrons. The second-order valence-corrected chi connectivity index (χ2v) is 3.35. The van der Waals surface area contributed by atoms with Crippen LogP contribution >= 0.6 is 0 Å². The van der Waals surface area contributed by atoms with Gasteiger partial charge in [0.05, 0.1) is 18.8 Å². The largest absolute Gasteiger partial charge is 0.391 e. The van der Waals surface area contributed by atoms with E-state index in [1.165, 1.54) is 6.07 Å². The first kappa shape index (κ1) is 11.1. The topological polar surface area (TPSA) is 29.5 Å². The van der Waals surface area contributed by atoms with Crippen molar-refractivity contribution in [3.05, 3.63) is 35.6 Å². The lowest BCUT2D eigenvalue weighted by Gasteiger charge is -2.15. The van der Waals surface area contributed by atoms with Gasteiger partial charge in [0, 0.05) is 5.56 Å². The predicted octanol–water partition coefficient (Wildman–Crippen LogP) is 2.11. The van der Waals surface area contributed by atoms with Crippen LogP contribution in [-0.4, -0.2) is 17.3 Å². The summed E-state index contributed by atoms with van der Waals surface area (Å²) in [6, 6.07) is 6.46. The zero-order valence-corrected chi connectivity index (χ0v) is 8.40. The molecular weight excluding hydrogens is 183 g/mol. The summed E-state index contributed by atoms with van der Waals surface area (Å²) in [4.78, 5) is 0. The lowest BCUT2D eigenvalue weighted by molar-refractivity contribution is -0.0277. The van der Waals surface area contributed by atoms with Gasteiger partial charge in [0.25, 0.3) is 0 Å². The monoisotopic (exact) mass is 198 g/mol. The average Bonchev–Trinajstić information content (AvgIpc) is 2.16. The molecule has 0 amide bonds. The molecule has 0 aliphatic carbocycles. The fourth-order valence-corrected chi connectivity index (χ4v) is 0.976. The molecule has 0 spiro atoms. The van der Waals surface area contributed by atoms with Gasteiger partial charge in [0.1, 0.15) is 5.82 Å². The fourth-order valence-electron chi connectivity index (χ4n) is 0.976. The van der Waals surface area contributed by atoms with Gasteiger partial charge in [-0.1, -0.05) is 18.2 Å². The number of aliphatic hydroxyl groups excluding tert-OH is 1. The van der Waals surface area contributed by atoms with Gasteiger partial charge < -0.3 is 9.84 Å². The Balaban J connectivity index is 2.50. The summed E-state index contributed by atoms with van der Waals surface area (Å²) < 4.78 is 18.4. The van der Waals surface area contributed by atoms with Gasteiger partial charge in [-0.3, -0.25) is 0 Å². The molecule has 1 aromatic rings. The molecule has 0 aliphatic heterocycles. The van der Waals surface area contributed by atoms with Crippen LogP contribution in [0.4, 0.5) is 4.39 Å². The van der Waals surface area contributed by atoms with E-state index in [1.807, 2.05) is 0 Å². The molecule has 2 nitrogen and oxygen atoms in total. The Morgan fingerprint density at radius 2 is 2.00 bits per heavy atom. The van der Waals surface area contributed by atoms with Crippen molar-refractivity contribution in [1.29, 1.82) is 0 Å². The molecule has 2 atom stereocenters. The highest BCUT2D eigenvalue weighted by atomic mass is 19.1. The number of hydrogen-bond acceptors (Lipinski definition) is 2. The summed E-state index contributed by atoms with van der Waals surface area (Å²) in [5.74, 6) is -0.273. The molecule has 1 unspecified atom stereocenters. The molecule has 0 saturated heterocycles. The van der Waals surface area contributed by atoms with Crippen molar-refractivity contribution < 1.29 is 14.2 Å². The Bertz CT molecular complexity index is 286. The van der Waals surface area contributed by atoms with E-state index >= 15 is 0 Å². The van der Waals surface area contributed by atoms with E-state index in [4.69, 9.17) is 9.84 Å². The molecule has 14 heavy (non-hydrogen) atoms. The molecule has 0 aromatic heterocycles. The minimum Gasteiger partial charge on any atom is -0.391 e. The number of rotatable bonds is 4. The Morgan fingerprint density at radius 1 is 1.36 bits per heavy atom. The molecule has 0 fully saturated rings. The molecule has 0 heterocycles. The van der Waals surface area contributed by atoms with Crippen LogP contribution in [0.2, 0.25) is 0 Å². The highest BCUT2D eigenvalue weighted by Crippen LogP contribution is 2.09. The summed E-state index contributed by atoms with van der Waals surface area (Å²) in [5.41, 5.74) is 0.514. The third kappa shape index (κ3) is 3.09. The lowest BCUT2D eigenvalue weighted by atomic mass is 10.2. The van der Waals surface area contributed by atoms with Crippen LogP contribution in [0.1, 0.15) is 19.4 Å². The lowest BCUT2D eigenvalue weighted by Crippen LogP contribution is -2.22. The number of hydrogen-bond donors (Lipinski definition) is 1. The van der Waals surface area contributed by atoms with Crippen molar-refractivity contribution in [3.63, 3.8) is 0 Å². The molecule has 0 saturated carbocycles. The second kappa shape index (κ2) is 5.08. The number of benzene rings is 1. The van der Waals surface area contributed by atoms with Crippen molar-refractivity contribution in [3.8, 4) is 0 Å². The van der Waals surface area contributed by atoms with Gasteiger partial charge >= 0.3 is 0 Å². The first-order valence-electron chi connectivity index (χ1n) is 4.64. The van der Waals surface area contributed by atoms with Gasteiger partial charge in [-0.15, -0.1) is 0 Å². The number of ether oxygens (including phenoxy) is 1. The van der Waals surface area contributed by atoms with E-state index in [2.05, 4.69) is 0 Å². The Kier molecular flexibility index (Phi) is 4.04. The van der Waals surface area contributed by atoms with E-state index in [0.717, 1.165) is 0 Å². The third-order valence-electron chi connectivity index (χ3n) is 2.14. The van der Waals surface area contributed by atoms with Gasteiger partial charge in [0.15, 0.2) is 0 Å². The quantitative estimate of drug-likeness (QED) is 0.803. The SMILES string of the molecule is CC(OCc1ccccc1F)[C@@H](C)O. The summed E-state index contributed by atoms with van der Waals surface area (Å²) >= 11 is 0. The van der Waals surface area contributed by atoms with Crippen LogP contribution in [0.3, 0.4) is 0 Å². The summed E-state index contributed by atoms with van der Waals surface area (Å²) in [7, 11) is 0. The van der Waals surface area contributed by atoms with Crippen molar-refractivity contribution in [1.82, 2.24) is 0 Å². The molecule has 1 rings (SSSR count). The molecule has 1 N–H and O–H groups in total. The Labute approximate surface area is 83.3 Å². The van der Waals surface area contributed by atoms with Crippen molar-refractivity contribution >= 4 is 0 Å². The molecule has 1 aromatic carbocycles. The highest BCUT2D eigenvalue weighted by Gasteiger charge is 2.09. The Hall–Kier alpha value is -0.930.